The van der Waals surface area contributed by atoms with Crippen LogP contribution in [-0.4, -0.2) is 41.2 Å². The van der Waals surface area contributed by atoms with Gasteiger partial charge in [-0.05, 0) is 37.7 Å². The molecular weight excluding hydrogens is 284 g/mol. The number of nitrogens with zero attached hydrogens (tertiary/aromatic N) is 1. The summed E-state index contributed by atoms with van der Waals surface area (Å²) in [6, 6.07) is 7.43. The number of carbonyl (C=O) groups is 1. The van der Waals surface area contributed by atoms with Crippen molar-refractivity contribution in [1.82, 2.24) is 4.90 Å². The molecule has 1 aliphatic heterocycles. The minimum Gasteiger partial charge on any atom is -0.398 e. The van der Waals surface area contributed by atoms with Crippen LogP contribution in [0.3, 0.4) is 0 Å². The lowest BCUT2D eigenvalue weighted by Crippen LogP contribution is -2.43. The summed E-state index contributed by atoms with van der Waals surface area (Å²) in [5.41, 5.74) is 7.14. The van der Waals surface area contributed by atoms with E-state index < -0.39 is 0 Å². The highest BCUT2D eigenvalue weighted by Crippen LogP contribution is 2.30. The number of nitrogen functional groups attached to an aromatic ring is 1. The smallest absolute Gasteiger partial charge is 0.256 e. The number of benzene rings is 1. The van der Waals surface area contributed by atoms with E-state index in [2.05, 4.69) is 6.92 Å². The van der Waals surface area contributed by atoms with Crippen LogP contribution in [0.4, 0.5) is 5.69 Å². The molecular formula is C16H24N2O2S. The summed E-state index contributed by atoms with van der Waals surface area (Å²) in [7, 11) is 0. The molecule has 1 amide bonds. The van der Waals surface area contributed by atoms with Crippen molar-refractivity contribution in [3.05, 3.63) is 29.8 Å². The van der Waals surface area contributed by atoms with Crippen molar-refractivity contribution in [2.45, 2.75) is 38.2 Å². The molecule has 0 spiro atoms. The van der Waals surface area contributed by atoms with Gasteiger partial charge in [-0.3, -0.25) is 4.79 Å². The molecule has 2 atom stereocenters. The average molecular weight is 308 g/mol. The maximum absolute atomic E-state index is 12.8. The van der Waals surface area contributed by atoms with Crippen LogP contribution in [0, 0.1) is 0 Å². The number of carbonyl (C=O) groups excluding carboxylic acids is 1. The van der Waals surface area contributed by atoms with Crippen LogP contribution in [0.1, 0.15) is 37.0 Å². The molecule has 1 aromatic rings. The van der Waals surface area contributed by atoms with Gasteiger partial charge in [-0.25, -0.2) is 0 Å². The monoisotopic (exact) mass is 308 g/mol. The third kappa shape index (κ3) is 3.71. The number of rotatable bonds is 6. The summed E-state index contributed by atoms with van der Waals surface area (Å²) >= 11 is 1.77. The van der Waals surface area contributed by atoms with Crippen LogP contribution >= 0.6 is 11.8 Å². The zero-order valence-electron chi connectivity index (χ0n) is 12.7. The largest absolute Gasteiger partial charge is 0.398 e. The minimum absolute atomic E-state index is 0.0250. The van der Waals surface area contributed by atoms with Gasteiger partial charge >= 0.3 is 0 Å². The van der Waals surface area contributed by atoms with Crippen molar-refractivity contribution in [2.24, 2.45) is 0 Å². The zero-order valence-corrected chi connectivity index (χ0v) is 13.6. The Hall–Kier alpha value is -1.20. The summed E-state index contributed by atoms with van der Waals surface area (Å²) < 4.78 is 5.85. The van der Waals surface area contributed by atoms with Crippen LogP contribution < -0.4 is 5.73 Å². The number of likely N-dealkylation sites (tertiary alicyclic amines) is 1. The SMILES string of the molecule is CCOC(SCC)C1CCCN1C(=O)c1ccccc1N. The summed E-state index contributed by atoms with van der Waals surface area (Å²) in [5, 5.41) is 0. The van der Waals surface area contributed by atoms with Crippen molar-refractivity contribution in [3.63, 3.8) is 0 Å². The number of para-hydroxylation sites is 1. The van der Waals surface area contributed by atoms with Crippen molar-refractivity contribution < 1.29 is 9.53 Å². The molecule has 0 aromatic heterocycles. The first-order chi connectivity index (χ1) is 10.2. The summed E-state index contributed by atoms with van der Waals surface area (Å²) in [6.07, 6.45) is 2.02. The van der Waals surface area contributed by atoms with E-state index in [1.165, 1.54) is 0 Å². The first-order valence-electron chi connectivity index (χ1n) is 7.57. The summed E-state index contributed by atoms with van der Waals surface area (Å²) in [5.74, 6) is 1.01. The van der Waals surface area contributed by atoms with Gasteiger partial charge in [-0.2, -0.15) is 0 Å². The Balaban J connectivity index is 2.17. The van der Waals surface area contributed by atoms with E-state index in [1.54, 1.807) is 23.9 Å². The molecule has 2 N–H and O–H groups in total. The Morgan fingerprint density at radius 1 is 1.48 bits per heavy atom. The Bertz CT molecular complexity index is 475. The van der Waals surface area contributed by atoms with Gasteiger partial charge in [0.1, 0.15) is 5.44 Å². The molecule has 0 saturated carbocycles. The number of amides is 1. The predicted molar refractivity (Wildman–Crippen MR) is 88.5 cm³/mol. The number of anilines is 1. The Morgan fingerprint density at radius 3 is 2.90 bits per heavy atom. The second kappa shape index (κ2) is 7.71. The summed E-state index contributed by atoms with van der Waals surface area (Å²) in [6.45, 7) is 5.57. The highest BCUT2D eigenvalue weighted by Gasteiger charge is 2.36. The predicted octanol–water partition coefficient (Wildman–Crippen LogP) is 2.99. The van der Waals surface area contributed by atoms with E-state index in [4.69, 9.17) is 10.5 Å². The minimum atomic E-state index is 0.0250. The fraction of sp³-hybridized carbons (Fsp3) is 0.562. The van der Waals surface area contributed by atoms with Gasteiger partial charge in [0.15, 0.2) is 0 Å². The lowest BCUT2D eigenvalue weighted by Gasteiger charge is -2.31. The van der Waals surface area contributed by atoms with E-state index >= 15 is 0 Å². The number of thioether (sulfide) groups is 1. The number of hydrogen-bond acceptors (Lipinski definition) is 4. The maximum atomic E-state index is 12.8. The Labute approximate surface area is 131 Å². The third-order valence-electron chi connectivity index (χ3n) is 3.73. The molecule has 2 rings (SSSR count). The molecule has 1 saturated heterocycles. The third-order valence-corrected chi connectivity index (χ3v) is 4.84. The van der Waals surface area contributed by atoms with Gasteiger partial charge < -0.3 is 15.4 Å². The van der Waals surface area contributed by atoms with Gasteiger partial charge in [0.2, 0.25) is 0 Å². The highest BCUT2D eigenvalue weighted by molar-refractivity contribution is 7.99. The molecule has 5 heteroatoms. The molecule has 0 radical (unpaired) electrons. The standard InChI is InChI=1S/C16H24N2O2S/c1-3-20-16(21-4-2)14-10-7-11-18(14)15(19)12-8-5-6-9-13(12)17/h5-6,8-9,14,16H,3-4,7,10-11,17H2,1-2H3. The van der Waals surface area contributed by atoms with Crippen LogP contribution in [-0.2, 0) is 4.74 Å². The van der Waals surface area contributed by atoms with Crippen LogP contribution in [0.5, 0.6) is 0 Å². The highest BCUT2D eigenvalue weighted by atomic mass is 32.2. The second-order valence-electron chi connectivity index (χ2n) is 5.07. The quantitative estimate of drug-likeness (QED) is 0.648. The molecule has 1 aliphatic rings. The molecule has 4 nitrogen and oxygen atoms in total. The van der Waals surface area contributed by atoms with Crippen LogP contribution in [0.15, 0.2) is 24.3 Å². The second-order valence-corrected chi connectivity index (χ2v) is 6.45. The van der Waals surface area contributed by atoms with E-state index in [9.17, 15) is 4.79 Å². The normalized spacial score (nSPS) is 19.7. The van der Waals surface area contributed by atoms with Crippen molar-refractivity contribution in [2.75, 3.05) is 24.6 Å². The van der Waals surface area contributed by atoms with E-state index in [0.717, 1.165) is 25.1 Å². The van der Waals surface area contributed by atoms with Gasteiger partial charge in [0, 0.05) is 18.8 Å². The Morgan fingerprint density at radius 2 is 2.24 bits per heavy atom. The van der Waals surface area contributed by atoms with Crippen molar-refractivity contribution >= 4 is 23.4 Å². The van der Waals surface area contributed by atoms with Crippen molar-refractivity contribution in [3.8, 4) is 0 Å². The maximum Gasteiger partial charge on any atom is 0.256 e. The van der Waals surface area contributed by atoms with Gasteiger partial charge in [0.25, 0.3) is 5.91 Å². The fourth-order valence-electron chi connectivity index (χ4n) is 2.77. The van der Waals surface area contributed by atoms with Crippen LogP contribution in [0.25, 0.3) is 0 Å². The molecule has 1 heterocycles. The Kier molecular flexibility index (Phi) is 5.94. The first kappa shape index (κ1) is 16.2. The topological polar surface area (TPSA) is 55.6 Å². The van der Waals surface area contributed by atoms with Crippen LogP contribution in [0.2, 0.25) is 0 Å². The number of nitrogens with two attached hydrogens (primary N) is 1. The lowest BCUT2D eigenvalue weighted by molar-refractivity contribution is 0.0462. The molecule has 1 aromatic carbocycles. The van der Waals surface area contributed by atoms with E-state index in [0.29, 0.717) is 17.9 Å². The lowest BCUT2D eigenvalue weighted by atomic mass is 10.1. The molecule has 0 bridgehead atoms. The molecule has 2 unspecified atom stereocenters. The van der Waals surface area contributed by atoms with E-state index in [1.807, 2.05) is 24.0 Å². The first-order valence-corrected chi connectivity index (χ1v) is 8.62. The van der Waals surface area contributed by atoms with Gasteiger partial charge in [0.05, 0.1) is 11.6 Å². The molecule has 1 fully saturated rings. The van der Waals surface area contributed by atoms with Gasteiger partial charge in [-0.1, -0.05) is 19.1 Å². The molecule has 116 valence electrons. The van der Waals surface area contributed by atoms with Crippen molar-refractivity contribution in [1.29, 1.82) is 0 Å². The summed E-state index contributed by atoms with van der Waals surface area (Å²) in [4.78, 5) is 14.7. The fourth-order valence-corrected chi connectivity index (χ4v) is 3.84. The zero-order chi connectivity index (χ0) is 15.2. The average Bonchev–Trinajstić information content (AvgIpc) is 2.96. The van der Waals surface area contributed by atoms with Gasteiger partial charge in [-0.15, -0.1) is 11.8 Å². The number of ether oxygens (including phenoxy) is 1. The van der Waals surface area contributed by atoms with E-state index in [-0.39, 0.29) is 17.4 Å². The molecule has 0 aliphatic carbocycles. The number of hydrogen-bond donors (Lipinski definition) is 1. The molecule has 21 heavy (non-hydrogen) atoms.